The molecule has 0 radical (unpaired) electrons. The fourth-order valence-corrected chi connectivity index (χ4v) is 2.21. The van der Waals surface area contributed by atoms with Gasteiger partial charge in [-0.05, 0) is 43.2 Å². The maximum Gasteiger partial charge on any atom is 0.263 e. The molecular weight excluding hydrogens is 302 g/mol. The van der Waals surface area contributed by atoms with Crippen molar-refractivity contribution in [3.8, 4) is 11.8 Å². The number of hydrogen-bond acceptors (Lipinski definition) is 4. The highest BCUT2D eigenvalue weighted by Crippen LogP contribution is 2.20. The van der Waals surface area contributed by atoms with Crippen molar-refractivity contribution in [2.45, 2.75) is 19.9 Å². The molecule has 0 aromatic heterocycles. The predicted molar refractivity (Wildman–Crippen MR) is 93.2 cm³/mol. The summed E-state index contributed by atoms with van der Waals surface area (Å²) in [6, 6.07) is 16.0. The third-order valence-electron chi connectivity index (χ3n) is 3.59. The minimum atomic E-state index is -0.446. The van der Waals surface area contributed by atoms with Crippen LogP contribution < -0.4 is 10.6 Å². The van der Waals surface area contributed by atoms with E-state index in [1.54, 1.807) is 12.1 Å². The summed E-state index contributed by atoms with van der Waals surface area (Å²) in [6.45, 7) is 3.68. The van der Waals surface area contributed by atoms with Crippen LogP contribution in [-0.4, -0.2) is 11.0 Å². The first-order valence-corrected chi connectivity index (χ1v) is 7.53. The normalized spacial score (nSPS) is 12.1. The summed E-state index contributed by atoms with van der Waals surface area (Å²) >= 11 is 0. The first-order chi connectivity index (χ1) is 11.5. The maximum atomic E-state index is 12.2. The fraction of sp³-hybridized carbons (Fsp3) is 0.158. The van der Waals surface area contributed by atoms with Crippen LogP contribution in [0.1, 0.15) is 24.1 Å². The highest BCUT2D eigenvalue weighted by Gasteiger charge is 2.13. The van der Waals surface area contributed by atoms with E-state index in [1.807, 2.05) is 50.2 Å². The second-order valence-electron chi connectivity index (χ2n) is 5.42. The van der Waals surface area contributed by atoms with Gasteiger partial charge in [0.25, 0.3) is 5.91 Å². The van der Waals surface area contributed by atoms with E-state index in [4.69, 9.17) is 0 Å². The molecule has 2 aromatic rings. The molecule has 0 aliphatic rings. The summed E-state index contributed by atoms with van der Waals surface area (Å²) in [6.07, 6.45) is 1.37. The molecule has 0 fully saturated rings. The number of anilines is 1. The molecule has 5 nitrogen and oxygen atoms in total. The van der Waals surface area contributed by atoms with Crippen LogP contribution in [-0.2, 0) is 4.79 Å². The quantitative estimate of drug-likeness (QED) is 0.447. The van der Waals surface area contributed by atoms with Crippen LogP contribution in [0, 0.1) is 18.3 Å². The number of aryl methyl sites for hydroxylation is 1. The Morgan fingerprint density at radius 1 is 1.25 bits per heavy atom. The van der Waals surface area contributed by atoms with E-state index >= 15 is 0 Å². The zero-order valence-electron chi connectivity index (χ0n) is 13.6. The van der Waals surface area contributed by atoms with Crippen LogP contribution in [0.2, 0.25) is 0 Å². The molecular formula is C19H19N3O2. The number of nitrogens with one attached hydrogen (secondary N) is 2. The van der Waals surface area contributed by atoms with Crippen LogP contribution in [0.15, 0.2) is 60.3 Å². The Morgan fingerprint density at radius 2 is 1.96 bits per heavy atom. The smallest absolute Gasteiger partial charge is 0.263 e. The first-order valence-electron chi connectivity index (χ1n) is 7.53. The molecule has 0 saturated heterocycles. The molecule has 0 aliphatic heterocycles. The molecule has 1 unspecified atom stereocenters. The molecule has 24 heavy (non-hydrogen) atoms. The predicted octanol–water partition coefficient (Wildman–Crippen LogP) is 3.40. The van der Waals surface area contributed by atoms with Gasteiger partial charge in [-0.3, -0.25) is 4.79 Å². The summed E-state index contributed by atoms with van der Waals surface area (Å²) in [4.78, 5) is 12.2. The molecule has 5 heteroatoms. The van der Waals surface area contributed by atoms with Gasteiger partial charge in [-0.2, -0.15) is 5.26 Å². The van der Waals surface area contributed by atoms with Crippen LogP contribution in [0.25, 0.3) is 0 Å². The van der Waals surface area contributed by atoms with E-state index in [0.29, 0.717) is 5.69 Å². The van der Waals surface area contributed by atoms with Gasteiger partial charge < -0.3 is 15.7 Å². The highest BCUT2D eigenvalue weighted by molar-refractivity contribution is 5.97. The lowest BCUT2D eigenvalue weighted by atomic mass is 10.1. The Balaban J connectivity index is 2.07. The molecule has 0 bridgehead atoms. The number of nitrogens with zero attached hydrogens (tertiary/aromatic N) is 1. The average molecular weight is 321 g/mol. The van der Waals surface area contributed by atoms with Crippen molar-refractivity contribution in [3.05, 3.63) is 71.4 Å². The molecule has 2 aromatic carbocycles. The maximum absolute atomic E-state index is 12.2. The first kappa shape index (κ1) is 17.1. The number of nitriles is 1. The minimum Gasteiger partial charge on any atom is -0.508 e. The zero-order valence-corrected chi connectivity index (χ0v) is 13.6. The molecule has 122 valence electrons. The van der Waals surface area contributed by atoms with Gasteiger partial charge in [0.1, 0.15) is 17.4 Å². The Kier molecular flexibility index (Phi) is 5.58. The molecule has 2 rings (SSSR count). The van der Waals surface area contributed by atoms with Crippen molar-refractivity contribution < 1.29 is 9.90 Å². The monoisotopic (exact) mass is 321 g/mol. The summed E-state index contributed by atoms with van der Waals surface area (Å²) in [5, 5.41) is 24.3. The third-order valence-corrected chi connectivity index (χ3v) is 3.59. The van der Waals surface area contributed by atoms with E-state index in [2.05, 4.69) is 10.6 Å². The van der Waals surface area contributed by atoms with E-state index in [0.717, 1.165) is 11.1 Å². The SMILES string of the molecule is Cc1cc(O)ccc1N/C=C(/C#N)C(=O)NC(C)c1ccccc1. The van der Waals surface area contributed by atoms with E-state index in [-0.39, 0.29) is 17.4 Å². The molecule has 0 spiro atoms. The van der Waals surface area contributed by atoms with Gasteiger partial charge in [0.15, 0.2) is 0 Å². The minimum absolute atomic E-state index is 0.0229. The van der Waals surface area contributed by atoms with Crippen molar-refractivity contribution >= 4 is 11.6 Å². The summed E-state index contributed by atoms with van der Waals surface area (Å²) < 4.78 is 0. The van der Waals surface area contributed by atoms with Gasteiger partial charge in [0.2, 0.25) is 0 Å². The van der Waals surface area contributed by atoms with Crippen molar-refractivity contribution in [1.29, 1.82) is 5.26 Å². The number of aromatic hydroxyl groups is 1. The van der Waals surface area contributed by atoms with E-state index in [9.17, 15) is 15.2 Å². The Labute approximate surface area is 141 Å². The number of phenols is 1. The Morgan fingerprint density at radius 3 is 2.58 bits per heavy atom. The van der Waals surface area contributed by atoms with E-state index < -0.39 is 5.91 Å². The van der Waals surface area contributed by atoms with Crippen LogP contribution in [0.3, 0.4) is 0 Å². The third kappa shape index (κ3) is 4.37. The molecule has 1 amide bonds. The van der Waals surface area contributed by atoms with Gasteiger partial charge in [0, 0.05) is 11.9 Å². The number of hydrogen-bond donors (Lipinski definition) is 3. The second kappa shape index (κ2) is 7.84. The molecule has 0 aliphatic carbocycles. The number of carbonyl (C=O) groups excluding carboxylic acids is 1. The van der Waals surface area contributed by atoms with Crippen molar-refractivity contribution in [2.75, 3.05) is 5.32 Å². The Bertz CT molecular complexity index is 792. The fourth-order valence-electron chi connectivity index (χ4n) is 2.21. The van der Waals surface area contributed by atoms with Crippen molar-refractivity contribution in [3.63, 3.8) is 0 Å². The van der Waals surface area contributed by atoms with Crippen molar-refractivity contribution in [2.24, 2.45) is 0 Å². The number of rotatable bonds is 5. The largest absolute Gasteiger partial charge is 0.508 e. The lowest BCUT2D eigenvalue weighted by molar-refractivity contribution is -0.117. The number of phenolic OH excluding ortho intramolecular Hbond substituents is 1. The Hall–Kier alpha value is -3.26. The zero-order chi connectivity index (χ0) is 17.5. The lowest BCUT2D eigenvalue weighted by Gasteiger charge is -2.14. The number of carbonyl (C=O) groups is 1. The van der Waals surface area contributed by atoms with Crippen molar-refractivity contribution in [1.82, 2.24) is 5.32 Å². The molecule has 0 heterocycles. The summed E-state index contributed by atoms with van der Waals surface area (Å²) in [5.74, 6) is -0.283. The van der Waals surface area contributed by atoms with Crippen LogP contribution in [0.5, 0.6) is 5.75 Å². The van der Waals surface area contributed by atoms with Gasteiger partial charge in [-0.25, -0.2) is 0 Å². The summed E-state index contributed by atoms with van der Waals surface area (Å²) in [7, 11) is 0. The van der Waals surface area contributed by atoms with Gasteiger partial charge in [0.05, 0.1) is 6.04 Å². The topological polar surface area (TPSA) is 85.2 Å². The molecule has 1 atom stereocenters. The number of benzene rings is 2. The van der Waals surface area contributed by atoms with Gasteiger partial charge in [-0.15, -0.1) is 0 Å². The lowest BCUT2D eigenvalue weighted by Crippen LogP contribution is -2.28. The second-order valence-corrected chi connectivity index (χ2v) is 5.42. The van der Waals surface area contributed by atoms with E-state index in [1.165, 1.54) is 12.3 Å². The molecule has 3 N–H and O–H groups in total. The van der Waals surface area contributed by atoms with Gasteiger partial charge >= 0.3 is 0 Å². The number of amides is 1. The molecule has 0 saturated carbocycles. The average Bonchev–Trinajstić information content (AvgIpc) is 2.57. The summed E-state index contributed by atoms with van der Waals surface area (Å²) in [5.41, 5.74) is 2.46. The van der Waals surface area contributed by atoms with Gasteiger partial charge in [-0.1, -0.05) is 30.3 Å². The highest BCUT2D eigenvalue weighted by atomic mass is 16.3. The standard InChI is InChI=1S/C19H19N3O2/c1-13-10-17(23)8-9-18(13)21-12-16(11-20)19(24)22-14(2)15-6-4-3-5-7-15/h3-10,12,14,21,23H,1-2H3,(H,22,24)/b16-12-. The van der Waals surface area contributed by atoms with Crippen LogP contribution in [0.4, 0.5) is 5.69 Å². The van der Waals surface area contributed by atoms with Crippen LogP contribution >= 0.6 is 0 Å².